The van der Waals surface area contributed by atoms with Gasteiger partial charge in [-0.2, -0.15) is 0 Å². The van der Waals surface area contributed by atoms with Crippen LogP contribution in [0.5, 0.6) is 0 Å². The molecule has 1 heterocycles. The molecule has 0 atom stereocenters. The highest BCUT2D eigenvalue weighted by Crippen LogP contribution is 2.43. The van der Waals surface area contributed by atoms with Gasteiger partial charge in [0.05, 0.1) is 0 Å². The highest BCUT2D eigenvalue weighted by molar-refractivity contribution is 5.85. The maximum absolute atomic E-state index is 6.16. The minimum Gasteiger partial charge on any atom is -0.361 e. The van der Waals surface area contributed by atoms with Gasteiger partial charge >= 0.3 is 0 Å². The molecule has 20 heavy (non-hydrogen) atoms. The largest absolute Gasteiger partial charge is 0.361 e. The lowest BCUT2D eigenvalue weighted by molar-refractivity contribution is 0.457. The van der Waals surface area contributed by atoms with Crippen LogP contribution in [0, 0.1) is 0 Å². The molecule has 108 valence electrons. The Morgan fingerprint density at radius 3 is 2.50 bits per heavy atom. The van der Waals surface area contributed by atoms with Crippen molar-refractivity contribution in [3.8, 4) is 0 Å². The first-order valence-corrected chi connectivity index (χ1v) is 7.78. The summed E-state index contributed by atoms with van der Waals surface area (Å²) in [5.41, 5.74) is 10.6. The molecule has 0 bridgehead atoms. The number of benzene rings is 1. The number of H-pyrrole nitrogens is 1. The van der Waals surface area contributed by atoms with Gasteiger partial charge in [0.2, 0.25) is 0 Å². The Kier molecular flexibility index (Phi) is 3.17. The molecule has 2 nitrogen and oxygen atoms in total. The number of hydrogen-bond donors (Lipinski definition) is 2. The number of nitrogens with two attached hydrogens (primary N) is 1. The molecular formula is C18H26N2. The fraction of sp³-hybridized carbons (Fsp3) is 0.556. The summed E-state index contributed by atoms with van der Waals surface area (Å²) >= 11 is 0. The number of aromatic amines is 1. The molecule has 0 radical (unpaired) electrons. The van der Waals surface area contributed by atoms with Crippen molar-refractivity contribution in [2.45, 2.75) is 57.3 Å². The van der Waals surface area contributed by atoms with Gasteiger partial charge in [-0.1, -0.05) is 39.7 Å². The van der Waals surface area contributed by atoms with E-state index in [1.54, 1.807) is 0 Å². The summed E-state index contributed by atoms with van der Waals surface area (Å²) in [5, 5.41) is 1.38. The van der Waals surface area contributed by atoms with E-state index in [0.29, 0.717) is 0 Å². The zero-order valence-electron chi connectivity index (χ0n) is 12.9. The van der Waals surface area contributed by atoms with E-state index in [1.165, 1.54) is 47.7 Å². The second kappa shape index (κ2) is 4.63. The van der Waals surface area contributed by atoms with Crippen LogP contribution in [0.25, 0.3) is 10.9 Å². The van der Waals surface area contributed by atoms with Gasteiger partial charge in [0.25, 0.3) is 0 Å². The van der Waals surface area contributed by atoms with E-state index >= 15 is 0 Å². The smallest absolute Gasteiger partial charge is 0.0457 e. The van der Waals surface area contributed by atoms with Crippen molar-refractivity contribution >= 4 is 10.9 Å². The maximum atomic E-state index is 6.16. The molecule has 0 amide bonds. The average Bonchev–Trinajstić information content (AvgIpc) is 3.04. The van der Waals surface area contributed by atoms with Gasteiger partial charge in [-0.25, -0.2) is 0 Å². The quantitative estimate of drug-likeness (QED) is 0.842. The fourth-order valence-corrected chi connectivity index (χ4v) is 3.66. The molecule has 1 aromatic heterocycles. The van der Waals surface area contributed by atoms with Crippen molar-refractivity contribution in [2.24, 2.45) is 5.73 Å². The number of hydrogen-bond acceptors (Lipinski definition) is 1. The van der Waals surface area contributed by atoms with Gasteiger partial charge in [0, 0.05) is 29.1 Å². The van der Waals surface area contributed by atoms with Crippen LogP contribution < -0.4 is 5.73 Å². The summed E-state index contributed by atoms with van der Waals surface area (Å²) < 4.78 is 0. The summed E-state index contributed by atoms with van der Waals surface area (Å²) in [6.45, 7) is 7.58. The molecule has 0 aliphatic heterocycles. The van der Waals surface area contributed by atoms with E-state index < -0.39 is 0 Å². The second-order valence-corrected chi connectivity index (χ2v) is 7.40. The van der Waals surface area contributed by atoms with Gasteiger partial charge in [0.1, 0.15) is 0 Å². The topological polar surface area (TPSA) is 41.8 Å². The Morgan fingerprint density at radius 1 is 1.20 bits per heavy atom. The zero-order valence-corrected chi connectivity index (χ0v) is 12.9. The predicted molar refractivity (Wildman–Crippen MR) is 86.2 cm³/mol. The minimum absolute atomic E-state index is 0.189. The van der Waals surface area contributed by atoms with Crippen LogP contribution in [0.2, 0.25) is 0 Å². The highest BCUT2D eigenvalue weighted by Gasteiger charge is 2.36. The third kappa shape index (κ3) is 2.07. The monoisotopic (exact) mass is 270 g/mol. The van der Waals surface area contributed by atoms with Gasteiger partial charge < -0.3 is 10.7 Å². The molecule has 0 unspecified atom stereocenters. The van der Waals surface area contributed by atoms with E-state index in [2.05, 4.69) is 50.2 Å². The van der Waals surface area contributed by atoms with Crippen LogP contribution in [0.1, 0.15) is 57.6 Å². The lowest BCUT2D eigenvalue weighted by Gasteiger charge is -2.27. The fourth-order valence-electron chi connectivity index (χ4n) is 3.66. The van der Waals surface area contributed by atoms with Crippen molar-refractivity contribution in [3.05, 3.63) is 35.5 Å². The molecule has 1 fully saturated rings. The van der Waals surface area contributed by atoms with Crippen molar-refractivity contribution in [1.82, 2.24) is 4.98 Å². The normalized spacial score (nSPS) is 18.8. The third-order valence-electron chi connectivity index (χ3n) is 5.07. The molecule has 3 rings (SSSR count). The molecule has 0 spiro atoms. The van der Waals surface area contributed by atoms with Crippen molar-refractivity contribution in [2.75, 3.05) is 6.54 Å². The number of nitrogens with one attached hydrogen (secondary N) is 1. The number of fused-ring (bicyclic) bond motifs is 1. The molecule has 1 aliphatic carbocycles. The van der Waals surface area contributed by atoms with Crippen LogP contribution in [-0.4, -0.2) is 11.5 Å². The summed E-state index contributed by atoms with van der Waals surface area (Å²) in [6.07, 6.45) is 7.29. The Hall–Kier alpha value is -1.28. The maximum Gasteiger partial charge on any atom is 0.0457 e. The van der Waals surface area contributed by atoms with Gasteiger partial charge in [-0.15, -0.1) is 0 Å². The van der Waals surface area contributed by atoms with E-state index in [-0.39, 0.29) is 10.8 Å². The molecule has 2 heteroatoms. The summed E-state index contributed by atoms with van der Waals surface area (Å²) in [7, 11) is 0. The highest BCUT2D eigenvalue weighted by atomic mass is 14.7. The van der Waals surface area contributed by atoms with Gasteiger partial charge in [-0.3, -0.25) is 0 Å². The van der Waals surface area contributed by atoms with Crippen LogP contribution in [0.3, 0.4) is 0 Å². The molecule has 0 saturated heterocycles. The van der Waals surface area contributed by atoms with E-state index in [1.807, 2.05) is 0 Å². The molecular weight excluding hydrogens is 244 g/mol. The van der Waals surface area contributed by atoms with E-state index in [9.17, 15) is 0 Å². The predicted octanol–water partition coefficient (Wildman–Crippen LogP) is 4.24. The average molecular weight is 270 g/mol. The summed E-state index contributed by atoms with van der Waals surface area (Å²) in [5.74, 6) is 0. The van der Waals surface area contributed by atoms with Gasteiger partial charge in [0.15, 0.2) is 0 Å². The van der Waals surface area contributed by atoms with Crippen LogP contribution in [0.15, 0.2) is 24.4 Å². The third-order valence-corrected chi connectivity index (χ3v) is 5.07. The van der Waals surface area contributed by atoms with Crippen molar-refractivity contribution in [3.63, 3.8) is 0 Å². The standard InChI is InChI=1S/C18H26N2/c1-17(2,3)13-6-7-16-14(10-13)15(11-20-16)18(12-19)8-4-5-9-18/h6-7,10-11,20H,4-5,8-9,12,19H2,1-3H3. The SMILES string of the molecule is CC(C)(C)c1ccc2[nH]cc(C3(CN)CCCC3)c2c1. The van der Waals surface area contributed by atoms with Crippen LogP contribution in [0.4, 0.5) is 0 Å². The Labute approximate surface area is 121 Å². The van der Waals surface area contributed by atoms with Gasteiger partial charge in [-0.05, 0) is 41.5 Å². The Bertz CT molecular complexity index is 610. The molecule has 1 aromatic carbocycles. The molecule has 3 N–H and O–H groups in total. The van der Waals surface area contributed by atoms with E-state index in [0.717, 1.165) is 6.54 Å². The molecule has 1 aliphatic rings. The Balaban J connectivity index is 2.16. The van der Waals surface area contributed by atoms with Crippen molar-refractivity contribution < 1.29 is 0 Å². The molecule has 1 saturated carbocycles. The lowest BCUT2D eigenvalue weighted by atomic mass is 9.78. The zero-order chi connectivity index (χ0) is 14.4. The van der Waals surface area contributed by atoms with Crippen molar-refractivity contribution in [1.29, 1.82) is 0 Å². The second-order valence-electron chi connectivity index (χ2n) is 7.40. The first-order chi connectivity index (χ1) is 9.46. The summed E-state index contributed by atoms with van der Waals surface area (Å²) in [4.78, 5) is 3.45. The number of rotatable bonds is 2. The first-order valence-electron chi connectivity index (χ1n) is 7.78. The summed E-state index contributed by atoms with van der Waals surface area (Å²) in [6, 6.07) is 6.84. The van der Waals surface area contributed by atoms with E-state index in [4.69, 9.17) is 5.73 Å². The van der Waals surface area contributed by atoms with Crippen LogP contribution in [-0.2, 0) is 10.8 Å². The minimum atomic E-state index is 0.189. The lowest BCUT2D eigenvalue weighted by Crippen LogP contribution is -2.31. The van der Waals surface area contributed by atoms with Crippen LogP contribution >= 0.6 is 0 Å². The number of aromatic nitrogens is 1. The molecule has 2 aromatic rings. The first kappa shape index (κ1) is 13.7. The Morgan fingerprint density at radius 2 is 1.90 bits per heavy atom.